The van der Waals surface area contributed by atoms with Gasteiger partial charge < -0.3 is 9.84 Å². The van der Waals surface area contributed by atoms with Gasteiger partial charge in [-0.1, -0.05) is 37.3 Å². The minimum atomic E-state index is -0.503. The van der Waals surface area contributed by atoms with Gasteiger partial charge in [-0.15, -0.1) is 0 Å². The van der Waals surface area contributed by atoms with Gasteiger partial charge in [-0.3, -0.25) is 9.80 Å². The van der Waals surface area contributed by atoms with Crippen molar-refractivity contribution in [3.63, 3.8) is 0 Å². The molecule has 4 atom stereocenters. The molecule has 1 amide bonds. The molecule has 2 bridgehead atoms. The summed E-state index contributed by atoms with van der Waals surface area (Å²) < 4.78 is 5.66. The quantitative estimate of drug-likeness (QED) is 0.894. The Hall–Kier alpha value is -1.59. The van der Waals surface area contributed by atoms with Crippen molar-refractivity contribution in [2.45, 2.75) is 83.3 Å². The van der Waals surface area contributed by atoms with Crippen molar-refractivity contribution in [1.82, 2.24) is 9.80 Å². The number of aliphatic hydroxyl groups excluding tert-OH is 1. The van der Waals surface area contributed by atoms with E-state index in [0.29, 0.717) is 6.42 Å². The number of fused-ring (bicyclic) bond motifs is 2. The lowest BCUT2D eigenvalue weighted by atomic mass is 9.95. The lowest BCUT2D eigenvalue weighted by molar-refractivity contribution is -0.0584. The van der Waals surface area contributed by atoms with E-state index < -0.39 is 11.7 Å². The Morgan fingerprint density at radius 2 is 1.96 bits per heavy atom. The molecule has 26 heavy (non-hydrogen) atoms. The molecule has 5 nitrogen and oxygen atoms in total. The number of ether oxygens (including phenoxy) is 1. The molecule has 1 aromatic rings. The van der Waals surface area contributed by atoms with Crippen LogP contribution in [-0.4, -0.2) is 57.4 Å². The zero-order valence-electron chi connectivity index (χ0n) is 16.4. The molecule has 2 heterocycles. The number of carbonyl (C=O) groups is 1. The molecular weight excluding hydrogens is 328 g/mol. The second-order valence-electron chi connectivity index (χ2n) is 8.57. The van der Waals surface area contributed by atoms with Crippen LogP contribution in [0, 0.1) is 0 Å². The third-order valence-electron chi connectivity index (χ3n) is 5.45. The maximum atomic E-state index is 12.8. The Labute approximate surface area is 156 Å². The van der Waals surface area contributed by atoms with Crippen LogP contribution >= 0.6 is 0 Å². The van der Waals surface area contributed by atoms with Gasteiger partial charge in [0.1, 0.15) is 5.60 Å². The summed E-state index contributed by atoms with van der Waals surface area (Å²) in [6.45, 7) is 9.29. The number of hydrogen-bond acceptors (Lipinski definition) is 4. The van der Waals surface area contributed by atoms with Gasteiger partial charge in [0.05, 0.1) is 18.2 Å². The first kappa shape index (κ1) is 19.2. The molecule has 0 aliphatic carbocycles. The highest BCUT2D eigenvalue weighted by Crippen LogP contribution is 2.37. The summed E-state index contributed by atoms with van der Waals surface area (Å²) in [6, 6.07) is 10.5. The van der Waals surface area contributed by atoms with Crippen molar-refractivity contribution >= 4 is 6.09 Å². The van der Waals surface area contributed by atoms with Crippen molar-refractivity contribution in [3.8, 4) is 0 Å². The monoisotopic (exact) mass is 360 g/mol. The highest BCUT2D eigenvalue weighted by Gasteiger charge is 2.51. The number of rotatable bonds is 4. The van der Waals surface area contributed by atoms with Gasteiger partial charge >= 0.3 is 6.09 Å². The maximum Gasteiger partial charge on any atom is 0.410 e. The van der Waals surface area contributed by atoms with E-state index in [1.165, 1.54) is 5.56 Å². The molecule has 2 aliphatic heterocycles. The van der Waals surface area contributed by atoms with Crippen molar-refractivity contribution in [1.29, 1.82) is 0 Å². The fraction of sp³-hybridized carbons (Fsp3) is 0.667. The summed E-state index contributed by atoms with van der Waals surface area (Å²) in [7, 11) is 0. The number of aliphatic hydroxyl groups is 1. The van der Waals surface area contributed by atoms with Crippen molar-refractivity contribution in [2.24, 2.45) is 0 Å². The number of hydrogen-bond donors (Lipinski definition) is 1. The predicted molar refractivity (Wildman–Crippen MR) is 102 cm³/mol. The first-order chi connectivity index (χ1) is 12.3. The highest BCUT2D eigenvalue weighted by atomic mass is 16.6. The van der Waals surface area contributed by atoms with Crippen molar-refractivity contribution in [2.75, 3.05) is 6.54 Å². The molecule has 0 unspecified atom stereocenters. The average Bonchev–Trinajstić information content (AvgIpc) is 2.89. The highest BCUT2D eigenvalue weighted by molar-refractivity contribution is 5.70. The molecule has 0 spiro atoms. The smallest absolute Gasteiger partial charge is 0.410 e. The van der Waals surface area contributed by atoms with E-state index in [-0.39, 0.29) is 24.2 Å². The van der Waals surface area contributed by atoms with Gasteiger partial charge in [0, 0.05) is 19.1 Å². The third kappa shape index (κ3) is 4.04. The molecule has 5 heteroatoms. The summed E-state index contributed by atoms with van der Waals surface area (Å²) >= 11 is 0. The second kappa shape index (κ2) is 7.57. The number of amides is 1. The number of likely N-dealkylation sites (tertiary alicyclic amines) is 1. The number of nitrogens with zero attached hydrogens (tertiary/aromatic N) is 2. The second-order valence-corrected chi connectivity index (χ2v) is 8.57. The van der Waals surface area contributed by atoms with Crippen molar-refractivity contribution in [3.05, 3.63) is 35.9 Å². The average molecular weight is 360 g/mol. The number of benzene rings is 1. The van der Waals surface area contributed by atoms with E-state index in [1.54, 1.807) is 0 Å². The van der Waals surface area contributed by atoms with Gasteiger partial charge in [0.25, 0.3) is 0 Å². The summed E-state index contributed by atoms with van der Waals surface area (Å²) in [5.41, 5.74) is 0.738. The summed E-state index contributed by atoms with van der Waals surface area (Å²) in [5.74, 6) is 0. The standard InChI is InChI=1S/C21H32N2O3/c1-5-18(24)19-17-12-11-16(23(17)20(25)26-21(2,3)4)14-22(19)13-15-9-7-6-8-10-15/h6-10,16-19,24H,5,11-14H2,1-4H3/t16-,17+,18+,19+/m1/s1. The van der Waals surface area contributed by atoms with Gasteiger partial charge in [0.15, 0.2) is 0 Å². The van der Waals surface area contributed by atoms with Crippen LogP contribution in [0.15, 0.2) is 30.3 Å². The molecule has 2 saturated heterocycles. The van der Waals surface area contributed by atoms with E-state index in [0.717, 1.165) is 25.9 Å². The van der Waals surface area contributed by atoms with Crippen LogP contribution in [0.1, 0.15) is 52.5 Å². The first-order valence-electron chi connectivity index (χ1n) is 9.77. The van der Waals surface area contributed by atoms with Gasteiger partial charge in [-0.25, -0.2) is 4.79 Å². The summed E-state index contributed by atoms with van der Waals surface area (Å²) in [4.78, 5) is 17.1. The SMILES string of the molecule is CC[C@H](O)[C@@H]1[C@@H]2CC[C@H](CN1Cc1ccccc1)N2C(=O)OC(C)(C)C. The van der Waals surface area contributed by atoms with Gasteiger partial charge in [-0.2, -0.15) is 0 Å². The molecule has 3 rings (SSSR count). The lowest BCUT2D eigenvalue weighted by Crippen LogP contribution is -2.64. The Morgan fingerprint density at radius 1 is 1.27 bits per heavy atom. The normalized spacial score (nSPS) is 27.4. The van der Waals surface area contributed by atoms with Crippen LogP contribution < -0.4 is 0 Å². The van der Waals surface area contributed by atoms with Crippen LogP contribution in [0.2, 0.25) is 0 Å². The van der Waals surface area contributed by atoms with Crippen LogP contribution in [0.3, 0.4) is 0 Å². The third-order valence-corrected chi connectivity index (χ3v) is 5.45. The zero-order chi connectivity index (χ0) is 18.9. The molecule has 2 aliphatic rings. The minimum Gasteiger partial charge on any atom is -0.444 e. The topological polar surface area (TPSA) is 53.0 Å². The molecule has 1 aromatic carbocycles. The van der Waals surface area contributed by atoms with Crippen molar-refractivity contribution < 1.29 is 14.6 Å². The zero-order valence-corrected chi connectivity index (χ0v) is 16.4. The van der Waals surface area contributed by atoms with E-state index >= 15 is 0 Å². The molecule has 144 valence electrons. The molecule has 1 N–H and O–H groups in total. The minimum absolute atomic E-state index is 0.0160. The Morgan fingerprint density at radius 3 is 2.58 bits per heavy atom. The molecule has 2 fully saturated rings. The summed E-state index contributed by atoms with van der Waals surface area (Å²) in [6.07, 6.45) is 1.89. The lowest BCUT2D eigenvalue weighted by Gasteiger charge is -2.48. The van der Waals surface area contributed by atoms with Gasteiger partial charge in [-0.05, 0) is 45.6 Å². The predicted octanol–water partition coefficient (Wildman–Crippen LogP) is 3.41. The fourth-order valence-electron chi connectivity index (χ4n) is 4.39. The molecule has 0 radical (unpaired) electrons. The fourth-order valence-corrected chi connectivity index (χ4v) is 4.39. The maximum absolute atomic E-state index is 12.8. The molecule has 0 aromatic heterocycles. The Balaban J connectivity index is 1.82. The number of piperazine rings is 1. The van der Waals surface area contributed by atoms with E-state index in [1.807, 2.05) is 50.8 Å². The van der Waals surface area contributed by atoms with Crippen LogP contribution in [-0.2, 0) is 11.3 Å². The number of carbonyl (C=O) groups excluding carboxylic acids is 1. The Bertz CT molecular complexity index is 613. The summed E-state index contributed by atoms with van der Waals surface area (Å²) in [5, 5.41) is 10.8. The first-order valence-corrected chi connectivity index (χ1v) is 9.77. The van der Waals surface area contributed by atoms with Gasteiger partial charge in [0.2, 0.25) is 0 Å². The largest absolute Gasteiger partial charge is 0.444 e. The molecular formula is C21H32N2O3. The van der Waals surface area contributed by atoms with E-state index in [2.05, 4.69) is 17.0 Å². The van der Waals surface area contributed by atoms with Crippen LogP contribution in [0.25, 0.3) is 0 Å². The van der Waals surface area contributed by atoms with Crippen LogP contribution in [0.5, 0.6) is 0 Å². The molecule has 0 saturated carbocycles. The van der Waals surface area contributed by atoms with E-state index in [9.17, 15) is 9.90 Å². The van der Waals surface area contributed by atoms with Crippen LogP contribution in [0.4, 0.5) is 4.79 Å². The Kier molecular flexibility index (Phi) is 5.58. The van der Waals surface area contributed by atoms with E-state index in [4.69, 9.17) is 4.74 Å².